The minimum absolute atomic E-state index is 0.743. The fourth-order valence-corrected chi connectivity index (χ4v) is 1.76. The Morgan fingerprint density at radius 1 is 1.36 bits per heavy atom. The number of rotatable bonds is 3. The van der Waals surface area contributed by atoms with Gasteiger partial charge in [0.05, 0.1) is 0 Å². The maximum atomic E-state index is 5.56. The molecule has 2 aromatic rings. The first-order valence-electron chi connectivity index (χ1n) is 4.99. The molecule has 1 aromatic carbocycles. The van der Waals surface area contributed by atoms with Crippen molar-refractivity contribution in [2.45, 2.75) is 19.8 Å². The highest BCUT2D eigenvalue weighted by molar-refractivity contribution is 5.81. The summed E-state index contributed by atoms with van der Waals surface area (Å²) in [6.45, 7) is 2.72. The van der Waals surface area contributed by atoms with Crippen LogP contribution >= 0.6 is 0 Å². The molecule has 0 spiro atoms. The Kier molecular flexibility index (Phi) is 2.55. The number of hydrogen-bond donors (Lipinski definition) is 1. The van der Waals surface area contributed by atoms with E-state index in [9.17, 15) is 0 Å². The monoisotopic (exact) mass is 189 g/mol. The third kappa shape index (κ3) is 1.66. The van der Waals surface area contributed by atoms with E-state index in [0.29, 0.717) is 0 Å². The van der Waals surface area contributed by atoms with Crippen molar-refractivity contribution in [3.8, 4) is 0 Å². The predicted octanol–water partition coefficient (Wildman–Crippen LogP) is 2.63. The van der Waals surface area contributed by atoms with Crippen molar-refractivity contribution in [3.63, 3.8) is 0 Å². The molecule has 2 rings (SSSR count). The summed E-state index contributed by atoms with van der Waals surface area (Å²) in [5.41, 5.74) is 7.82. The lowest BCUT2D eigenvalue weighted by Gasteiger charge is -2.00. The molecule has 2 nitrogen and oxygen atoms in total. The van der Waals surface area contributed by atoms with Crippen LogP contribution in [0.15, 0.2) is 28.7 Å². The Labute approximate surface area is 83.7 Å². The van der Waals surface area contributed by atoms with Crippen LogP contribution in [0.1, 0.15) is 17.7 Å². The Morgan fingerprint density at radius 2 is 2.21 bits per heavy atom. The Bertz CT molecular complexity index is 431. The summed E-state index contributed by atoms with van der Waals surface area (Å²) in [6.07, 6.45) is 2.07. The van der Waals surface area contributed by atoms with E-state index in [2.05, 4.69) is 12.1 Å². The Balaban J connectivity index is 2.42. The van der Waals surface area contributed by atoms with Crippen LogP contribution in [0, 0.1) is 6.92 Å². The molecule has 0 unspecified atom stereocenters. The van der Waals surface area contributed by atoms with E-state index in [1.54, 1.807) is 0 Å². The molecule has 0 amide bonds. The zero-order chi connectivity index (χ0) is 9.97. The molecule has 0 aliphatic carbocycles. The van der Waals surface area contributed by atoms with Crippen LogP contribution in [0.25, 0.3) is 11.0 Å². The topological polar surface area (TPSA) is 39.2 Å². The maximum Gasteiger partial charge on any atom is 0.134 e. The van der Waals surface area contributed by atoms with Gasteiger partial charge in [-0.25, -0.2) is 0 Å². The molecule has 1 heterocycles. The van der Waals surface area contributed by atoms with Gasteiger partial charge in [0, 0.05) is 5.39 Å². The number of hydrogen-bond acceptors (Lipinski definition) is 2. The van der Waals surface area contributed by atoms with E-state index in [1.165, 1.54) is 10.9 Å². The normalized spacial score (nSPS) is 11.0. The Morgan fingerprint density at radius 3 is 3.00 bits per heavy atom. The molecule has 0 radical (unpaired) electrons. The van der Waals surface area contributed by atoms with Crippen molar-refractivity contribution in [2.24, 2.45) is 5.73 Å². The van der Waals surface area contributed by atoms with Gasteiger partial charge in [0.1, 0.15) is 11.3 Å². The first-order valence-corrected chi connectivity index (χ1v) is 4.99. The average molecular weight is 189 g/mol. The van der Waals surface area contributed by atoms with E-state index in [0.717, 1.165) is 30.7 Å². The molecule has 0 saturated heterocycles. The summed E-state index contributed by atoms with van der Waals surface area (Å²) in [6, 6.07) is 8.29. The van der Waals surface area contributed by atoms with Crippen molar-refractivity contribution >= 4 is 11.0 Å². The lowest BCUT2D eigenvalue weighted by atomic mass is 10.1. The highest BCUT2D eigenvalue weighted by Crippen LogP contribution is 2.23. The largest absolute Gasteiger partial charge is 0.461 e. The van der Waals surface area contributed by atoms with Crippen LogP contribution in [0.4, 0.5) is 0 Å². The maximum absolute atomic E-state index is 5.56. The van der Waals surface area contributed by atoms with Gasteiger partial charge in [0.25, 0.3) is 0 Å². The molecule has 1 aromatic heterocycles. The van der Waals surface area contributed by atoms with Crippen LogP contribution in [-0.4, -0.2) is 6.54 Å². The fraction of sp³-hybridized carbons (Fsp3) is 0.333. The van der Waals surface area contributed by atoms with Crippen LogP contribution in [0.2, 0.25) is 0 Å². The first-order chi connectivity index (χ1) is 6.81. The Hall–Kier alpha value is -1.28. The first kappa shape index (κ1) is 9.28. The summed E-state index contributed by atoms with van der Waals surface area (Å²) >= 11 is 0. The lowest BCUT2D eigenvalue weighted by molar-refractivity contribution is 0.578. The highest BCUT2D eigenvalue weighted by Gasteiger charge is 2.04. The van der Waals surface area contributed by atoms with E-state index in [-0.39, 0.29) is 0 Å². The van der Waals surface area contributed by atoms with Crippen LogP contribution in [0.3, 0.4) is 0 Å². The molecule has 0 saturated carbocycles. The summed E-state index contributed by atoms with van der Waals surface area (Å²) in [5, 5.41) is 1.23. The van der Waals surface area contributed by atoms with Crippen molar-refractivity contribution in [1.82, 2.24) is 0 Å². The van der Waals surface area contributed by atoms with Gasteiger partial charge in [-0.05, 0) is 44.0 Å². The fourth-order valence-electron chi connectivity index (χ4n) is 1.76. The molecule has 0 atom stereocenters. The molecule has 0 bridgehead atoms. The molecule has 2 N–H and O–H groups in total. The zero-order valence-corrected chi connectivity index (χ0v) is 8.42. The summed E-state index contributed by atoms with van der Waals surface area (Å²) < 4.78 is 5.56. The van der Waals surface area contributed by atoms with Gasteiger partial charge in [0.15, 0.2) is 0 Å². The predicted molar refractivity (Wildman–Crippen MR) is 58.3 cm³/mol. The molecule has 0 aliphatic rings. The standard InChI is InChI=1S/C12H15NO/c1-9-8-11-10(5-3-7-13)4-2-6-12(11)14-9/h2,4,6,8H,3,5,7,13H2,1H3. The number of furan rings is 1. The summed E-state index contributed by atoms with van der Waals surface area (Å²) in [5.74, 6) is 0.972. The van der Waals surface area contributed by atoms with Crippen molar-refractivity contribution in [1.29, 1.82) is 0 Å². The van der Waals surface area contributed by atoms with E-state index >= 15 is 0 Å². The van der Waals surface area contributed by atoms with Crippen molar-refractivity contribution in [2.75, 3.05) is 6.54 Å². The van der Waals surface area contributed by atoms with Crippen molar-refractivity contribution < 1.29 is 4.42 Å². The quantitative estimate of drug-likeness (QED) is 0.806. The minimum Gasteiger partial charge on any atom is -0.461 e. The molecule has 0 aliphatic heterocycles. The molecular formula is C12H15NO. The van der Waals surface area contributed by atoms with Crippen LogP contribution in [-0.2, 0) is 6.42 Å². The molecular weight excluding hydrogens is 174 g/mol. The summed E-state index contributed by atoms with van der Waals surface area (Å²) in [4.78, 5) is 0. The van der Waals surface area contributed by atoms with E-state index in [4.69, 9.17) is 10.2 Å². The second-order valence-corrected chi connectivity index (χ2v) is 3.58. The third-order valence-corrected chi connectivity index (χ3v) is 2.43. The second kappa shape index (κ2) is 3.84. The number of aryl methyl sites for hydroxylation is 2. The van der Waals surface area contributed by atoms with E-state index in [1.807, 2.05) is 19.1 Å². The lowest BCUT2D eigenvalue weighted by Crippen LogP contribution is -2.00. The molecule has 2 heteroatoms. The van der Waals surface area contributed by atoms with Gasteiger partial charge in [0.2, 0.25) is 0 Å². The smallest absolute Gasteiger partial charge is 0.134 e. The van der Waals surface area contributed by atoms with E-state index < -0.39 is 0 Å². The molecule has 0 fully saturated rings. The molecule has 14 heavy (non-hydrogen) atoms. The SMILES string of the molecule is Cc1cc2c(CCCN)cccc2o1. The average Bonchev–Trinajstić information content (AvgIpc) is 2.55. The van der Waals surface area contributed by atoms with Gasteiger partial charge in [-0.2, -0.15) is 0 Å². The van der Waals surface area contributed by atoms with Gasteiger partial charge in [-0.1, -0.05) is 12.1 Å². The van der Waals surface area contributed by atoms with Crippen LogP contribution < -0.4 is 5.73 Å². The third-order valence-electron chi connectivity index (χ3n) is 2.43. The summed E-state index contributed by atoms with van der Waals surface area (Å²) in [7, 11) is 0. The number of nitrogens with two attached hydrogens (primary N) is 1. The van der Waals surface area contributed by atoms with Crippen molar-refractivity contribution in [3.05, 3.63) is 35.6 Å². The minimum atomic E-state index is 0.743. The highest BCUT2D eigenvalue weighted by atomic mass is 16.3. The van der Waals surface area contributed by atoms with Gasteiger partial charge in [-0.15, -0.1) is 0 Å². The van der Waals surface area contributed by atoms with Gasteiger partial charge < -0.3 is 10.2 Å². The molecule has 74 valence electrons. The number of benzene rings is 1. The van der Waals surface area contributed by atoms with Gasteiger partial charge in [-0.3, -0.25) is 0 Å². The second-order valence-electron chi connectivity index (χ2n) is 3.58. The van der Waals surface area contributed by atoms with Gasteiger partial charge >= 0.3 is 0 Å². The zero-order valence-electron chi connectivity index (χ0n) is 8.42. The van der Waals surface area contributed by atoms with Crippen LogP contribution in [0.5, 0.6) is 0 Å². The number of fused-ring (bicyclic) bond motifs is 1.